The molecule has 2 aliphatic rings. The Kier molecular flexibility index (Phi) is 3.15. The normalized spacial score (nSPS) is 24.0. The summed E-state index contributed by atoms with van der Waals surface area (Å²) in [7, 11) is 0. The Morgan fingerprint density at radius 2 is 2.17 bits per heavy atom. The maximum Gasteiger partial charge on any atom is 0.320 e. The molecule has 1 N–H and O–H groups in total. The summed E-state index contributed by atoms with van der Waals surface area (Å²) in [5, 5.41) is 3.31. The average Bonchev–Trinajstić information content (AvgIpc) is 3.02. The number of rotatable bonds is 3. The highest BCUT2D eigenvalue weighted by atomic mass is 16.2. The minimum absolute atomic E-state index is 0.181. The molecule has 1 aromatic rings. The first-order valence-electron chi connectivity index (χ1n) is 6.50. The number of nitrogens with one attached hydrogen (secondary N) is 1. The Bertz CT molecular complexity index is 416. The van der Waals surface area contributed by atoms with E-state index in [1.54, 1.807) is 12.4 Å². The van der Waals surface area contributed by atoms with Gasteiger partial charge in [-0.1, -0.05) is 0 Å². The van der Waals surface area contributed by atoms with E-state index in [-0.39, 0.29) is 6.03 Å². The van der Waals surface area contributed by atoms with Crippen molar-refractivity contribution < 1.29 is 4.79 Å². The van der Waals surface area contributed by atoms with Gasteiger partial charge in [-0.3, -0.25) is 4.98 Å². The second-order valence-electron chi connectivity index (χ2n) is 4.90. The van der Waals surface area contributed by atoms with Crippen LogP contribution >= 0.6 is 0 Å². The Morgan fingerprint density at radius 1 is 1.33 bits per heavy atom. The number of hydrogen-bond acceptors (Lipinski definition) is 3. The third-order valence-electron chi connectivity index (χ3n) is 3.72. The highest BCUT2D eigenvalue weighted by Gasteiger charge is 2.34. The van der Waals surface area contributed by atoms with Crippen LogP contribution in [0.15, 0.2) is 24.5 Å². The van der Waals surface area contributed by atoms with Gasteiger partial charge in [0.15, 0.2) is 0 Å². The van der Waals surface area contributed by atoms with E-state index in [1.807, 2.05) is 21.9 Å². The Morgan fingerprint density at radius 3 is 2.89 bits per heavy atom. The summed E-state index contributed by atoms with van der Waals surface area (Å²) in [6.45, 7) is 4.35. The summed E-state index contributed by atoms with van der Waals surface area (Å²) < 4.78 is 0. The van der Waals surface area contributed by atoms with Crippen molar-refractivity contribution >= 4 is 6.03 Å². The average molecular weight is 246 g/mol. The predicted molar refractivity (Wildman–Crippen MR) is 68.0 cm³/mol. The molecule has 0 aromatic carbocycles. The molecule has 1 aromatic heterocycles. The third-order valence-corrected chi connectivity index (χ3v) is 3.72. The molecule has 5 heteroatoms. The monoisotopic (exact) mass is 246 g/mol. The molecule has 3 heterocycles. The van der Waals surface area contributed by atoms with Crippen molar-refractivity contribution in [3.8, 4) is 0 Å². The second-order valence-corrected chi connectivity index (χ2v) is 4.90. The summed E-state index contributed by atoms with van der Waals surface area (Å²) in [6.07, 6.45) is 4.62. The maximum atomic E-state index is 12.3. The zero-order valence-electron chi connectivity index (χ0n) is 10.4. The quantitative estimate of drug-likeness (QED) is 0.853. The lowest BCUT2D eigenvalue weighted by atomic mass is 10.2. The van der Waals surface area contributed by atoms with Crippen molar-refractivity contribution in [1.82, 2.24) is 20.1 Å². The summed E-state index contributed by atoms with van der Waals surface area (Å²) in [5.74, 6) is 0. The van der Waals surface area contributed by atoms with Gasteiger partial charge >= 0.3 is 6.03 Å². The number of carbonyl (C=O) groups is 1. The van der Waals surface area contributed by atoms with Gasteiger partial charge in [-0.15, -0.1) is 0 Å². The van der Waals surface area contributed by atoms with Crippen LogP contribution < -0.4 is 5.32 Å². The topological polar surface area (TPSA) is 48.5 Å². The molecule has 2 saturated heterocycles. The summed E-state index contributed by atoms with van der Waals surface area (Å²) in [6, 6.07) is 4.50. The van der Waals surface area contributed by atoms with Gasteiger partial charge in [0.2, 0.25) is 0 Å². The number of carbonyl (C=O) groups excluding carboxylic acids is 1. The zero-order valence-corrected chi connectivity index (χ0v) is 10.4. The molecule has 3 rings (SSSR count). The van der Waals surface area contributed by atoms with E-state index in [0.29, 0.717) is 12.6 Å². The van der Waals surface area contributed by atoms with Crippen molar-refractivity contribution in [3.05, 3.63) is 30.1 Å². The SMILES string of the molecule is O=C1N(Cc2ccncc2)CCN1C1CCNC1. The van der Waals surface area contributed by atoms with Gasteiger partial charge in [0.05, 0.1) is 0 Å². The van der Waals surface area contributed by atoms with E-state index in [2.05, 4.69) is 10.3 Å². The fraction of sp³-hybridized carbons (Fsp3) is 0.538. The van der Waals surface area contributed by atoms with E-state index >= 15 is 0 Å². The van der Waals surface area contributed by atoms with Gasteiger partial charge in [0.1, 0.15) is 0 Å². The van der Waals surface area contributed by atoms with E-state index in [4.69, 9.17) is 0 Å². The molecule has 1 atom stereocenters. The van der Waals surface area contributed by atoms with Crippen LogP contribution in [0.25, 0.3) is 0 Å². The predicted octanol–water partition coefficient (Wildman–Crippen LogP) is 0.681. The van der Waals surface area contributed by atoms with Gasteiger partial charge in [-0.05, 0) is 30.7 Å². The minimum Gasteiger partial charge on any atom is -0.319 e. The van der Waals surface area contributed by atoms with Crippen molar-refractivity contribution in [2.24, 2.45) is 0 Å². The van der Waals surface area contributed by atoms with E-state index in [1.165, 1.54) is 0 Å². The van der Waals surface area contributed by atoms with Crippen LogP contribution in [-0.4, -0.2) is 53.0 Å². The fourth-order valence-electron chi connectivity index (χ4n) is 2.70. The second kappa shape index (κ2) is 4.94. The van der Waals surface area contributed by atoms with Crippen molar-refractivity contribution in [1.29, 1.82) is 0 Å². The summed E-state index contributed by atoms with van der Waals surface area (Å²) in [4.78, 5) is 20.2. The Labute approximate surface area is 107 Å². The number of nitrogens with zero attached hydrogens (tertiary/aromatic N) is 3. The molecule has 1 unspecified atom stereocenters. The van der Waals surface area contributed by atoms with Gasteiger partial charge < -0.3 is 15.1 Å². The smallest absolute Gasteiger partial charge is 0.319 e. The highest BCUT2D eigenvalue weighted by Crippen LogP contribution is 2.18. The lowest BCUT2D eigenvalue weighted by Gasteiger charge is -2.23. The van der Waals surface area contributed by atoms with Crippen molar-refractivity contribution in [2.75, 3.05) is 26.2 Å². The van der Waals surface area contributed by atoms with Crippen molar-refractivity contribution in [3.63, 3.8) is 0 Å². The molecule has 0 bridgehead atoms. The van der Waals surface area contributed by atoms with Crippen LogP contribution in [0.4, 0.5) is 4.79 Å². The molecular weight excluding hydrogens is 228 g/mol. The van der Waals surface area contributed by atoms with Crippen LogP contribution in [0, 0.1) is 0 Å². The number of amides is 2. The lowest BCUT2D eigenvalue weighted by Crippen LogP contribution is -2.40. The van der Waals surface area contributed by atoms with Gasteiger partial charge in [0.25, 0.3) is 0 Å². The number of aromatic nitrogens is 1. The lowest BCUT2D eigenvalue weighted by molar-refractivity contribution is 0.178. The van der Waals surface area contributed by atoms with E-state index in [9.17, 15) is 4.79 Å². The highest BCUT2D eigenvalue weighted by molar-refractivity contribution is 5.77. The van der Waals surface area contributed by atoms with Crippen LogP contribution in [0.1, 0.15) is 12.0 Å². The first-order chi connectivity index (χ1) is 8.84. The third kappa shape index (κ3) is 2.18. The first-order valence-corrected chi connectivity index (χ1v) is 6.50. The number of hydrogen-bond donors (Lipinski definition) is 1. The molecule has 0 aliphatic carbocycles. The molecule has 18 heavy (non-hydrogen) atoms. The standard InChI is InChI=1S/C13H18N4O/c18-13-16(10-11-1-4-14-5-2-11)7-8-17(13)12-3-6-15-9-12/h1-2,4-5,12,15H,3,6-10H2. The van der Waals surface area contributed by atoms with Crippen LogP contribution in [-0.2, 0) is 6.54 Å². The molecule has 5 nitrogen and oxygen atoms in total. The molecular formula is C13H18N4O. The van der Waals surface area contributed by atoms with E-state index < -0.39 is 0 Å². The molecule has 2 aliphatic heterocycles. The van der Waals surface area contributed by atoms with Crippen LogP contribution in [0.5, 0.6) is 0 Å². The molecule has 0 saturated carbocycles. The van der Waals surface area contributed by atoms with Gasteiger partial charge in [0, 0.05) is 44.6 Å². The summed E-state index contributed by atoms with van der Waals surface area (Å²) in [5.41, 5.74) is 1.14. The molecule has 2 fully saturated rings. The minimum atomic E-state index is 0.181. The van der Waals surface area contributed by atoms with Crippen molar-refractivity contribution in [2.45, 2.75) is 19.0 Å². The number of urea groups is 1. The largest absolute Gasteiger partial charge is 0.320 e. The molecule has 2 amide bonds. The first kappa shape index (κ1) is 11.5. The number of pyridine rings is 1. The molecule has 96 valence electrons. The van der Waals surface area contributed by atoms with E-state index in [0.717, 1.165) is 38.2 Å². The zero-order chi connectivity index (χ0) is 12.4. The Hall–Kier alpha value is -1.62. The summed E-state index contributed by atoms with van der Waals surface area (Å²) >= 11 is 0. The Balaban J connectivity index is 1.63. The molecule has 0 spiro atoms. The molecule has 0 radical (unpaired) electrons. The van der Waals surface area contributed by atoms with Crippen LogP contribution in [0.2, 0.25) is 0 Å². The van der Waals surface area contributed by atoms with Gasteiger partial charge in [-0.2, -0.15) is 0 Å². The maximum absolute atomic E-state index is 12.3. The fourth-order valence-corrected chi connectivity index (χ4v) is 2.70. The van der Waals surface area contributed by atoms with Crippen LogP contribution in [0.3, 0.4) is 0 Å². The van der Waals surface area contributed by atoms with Gasteiger partial charge in [-0.25, -0.2) is 4.79 Å².